The second-order valence-corrected chi connectivity index (χ2v) is 5.76. The normalized spacial score (nSPS) is 28.5. The van der Waals surface area contributed by atoms with E-state index in [1.165, 1.54) is 6.42 Å². The zero-order valence-electron chi connectivity index (χ0n) is 12.0. The molecule has 0 bridgehead atoms. The summed E-state index contributed by atoms with van der Waals surface area (Å²) in [4.78, 5) is 16.9. The van der Waals surface area contributed by atoms with Crippen molar-refractivity contribution in [1.82, 2.24) is 4.98 Å². The Balaban J connectivity index is 1.86. The monoisotopic (exact) mass is 275 g/mol. The number of anilines is 2. The first-order valence-electron chi connectivity index (χ1n) is 7.31. The van der Waals surface area contributed by atoms with Crippen LogP contribution in [-0.4, -0.2) is 23.5 Å². The van der Waals surface area contributed by atoms with Crippen LogP contribution in [0.4, 0.5) is 11.5 Å². The Morgan fingerprint density at radius 1 is 1.40 bits per heavy atom. The standard InChI is InChI=1S/C15H21N3O2/c1-3-10-6-8-15(9-7-10)14(19)16-11-4-5-12(20-2)17-13(11)18-15/h4-5,10H,3,6-9H2,1-2H3,(H,16,19)(H,17,18). The van der Waals surface area contributed by atoms with Gasteiger partial charge in [-0.2, -0.15) is 4.98 Å². The lowest BCUT2D eigenvalue weighted by Gasteiger charge is -2.42. The third-order valence-electron chi connectivity index (χ3n) is 4.66. The first kappa shape index (κ1) is 13.2. The first-order chi connectivity index (χ1) is 9.66. The minimum atomic E-state index is -0.488. The quantitative estimate of drug-likeness (QED) is 0.871. The Morgan fingerprint density at radius 2 is 2.15 bits per heavy atom. The Morgan fingerprint density at radius 3 is 2.80 bits per heavy atom. The smallest absolute Gasteiger partial charge is 0.250 e. The third kappa shape index (κ3) is 2.11. The minimum absolute atomic E-state index is 0.0755. The highest BCUT2D eigenvalue weighted by atomic mass is 16.5. The van der Waals surface area contributed by atoms with Gasteiger partial charge in [0.25, 0.3) is 0 Å². The lowest BCUT2D eigenvalue weighted by atomic mass is 9.74. The Labute approximate surface area is 119 Å². The molecule has 0 radical (unpaired) electrons. The van der Waals surface area contributed by atoms with Gasteiger partial charge >= 0.3 is 0 Å². The number of aromatic nitrogens is 1. The summed E-state index contributed by atoms with van der Waals surface area (Å²) in [5, 5.41) is 6.36. The van der Waals surface area contributed by atoms with Gasteiger partial charge in [0, 0.05) is 6.07 Å². The van der Waals surface area contributed by atoms with Crippen molar-refractivity contribution in [1.29, 1.82) is 0 Å². The number of hydrogen-bond donors (Lipinski definition) is 2. The van der Waals surface area contributed by atoms with Gasteiger partial charge in [-0.1, -0.05) is 13.3 Å². The van der Waals surface area contributed by atoms with Crippen molar-refractivity contribution >= 4 is 17.4 Å². The van der Waals surface area contributed by atoms with Gasteiger partial charge in [-0.3, -0.25) is 4.79 Å². The van der Waals surface area contributed by atoms with Crippen molar-refractivity contribution in [2.75, 3.05) is 17.7 Å². The molecule has 1 saturated carbocycles. The molecular formula is C15H21N3O2. The van der Waals surface area contributed by atoms with E-state index in [0.717, 1.165) is 43.1 Å². The van der Waals surface area contributed by atoms with E-state index in [9.17, 15) is 4.79 Å². The van der Waals surface area contributed by atoms with Crippen LogP contribution >= 0.6 is 0 Å². The minimum Gasteiger partial charge on any atom is -0.481 e. The predicted octanol–water partition coefficient (Wildman–Crippen LogP) is 2.79. The van der Waals surface area contributed by atoms with Crippen molar-refractivity contribution in [2.24, 2.45) is 5.92 Å². The summed E-state index contributed by atoms with van der Waals surface area (Å²) in [6.45, 7) is 2.22. The van der Waals surface area contributed by atoms with Crippen LogP contribution in [0.5, 0.6) is 5.88 Å². The van der Waals surface area contributed by atoms with Crippen molar-refractivity contribution in [2.45, 2.75) is 44.6 Å². The fraction of sp³-hybridized carbons (Fsp3) is 0.600. The molecule has 0 aromatic carbocycles. The number of carbonyl (C=O) groups excluding carboxylic acids is 1. The van der Waals surface area contributed by atoms with Gasteiger partial charge in [-0.05, 0) is 37.7 Å². The van der Waals surface area contributed by atoms with Gasteiger partial charge in [0.15, 0.2) is 5.82 Å². The van der Waals surface area contributed by atoms with E-state index in [4.69, 9.17) is 4.74 Å². The largest absolute Gasteiger partial charge is 0.481 e. The zero-order valence-corrected chi connectivity index (χ0v) is 12.0. The van der Waals surface area contributed by atoms with Gasteiger partial charge in [0.1, 0.15) is 5.54 Å². The average molecular weight is 275 g/mol. The van der Waals surface area contributed by atoms with Crippen LogP contribution in [0.15, 0.2) is 12.1 Å². The predicted molar refractivity (Wildman–Crippen MR) is 78.0 cm³/mol. The molecule has 0 atom stereocenters. The highest BCUT2D eigenvalue weighted by molar-refractivity contribution is 6.05. The molecule has 1 aromatic heterocycles. The second-order valence-electron chi connectivity index (χ2n) is 5.76. The molecule has 5 heteroatoms. The van der Waals surface area contributed by atoms with E-state index < -0.39 is 5.54 Å². The maximum absolute atomic E-state index is 12.5. The highest BCUT2D eigenvalue weighted by Gasteiger charge is 2.44. The van der Waals surface area contributed by atoms with Gasteiger partial charge < -0.3 is 15.4 Å². The molecule has 1 fully saturated rings. The third-order valence-corrected chi connectivity index (χ3v) is 4.66. The molecule has 3 rings (SSSR count). The van der Waals surface area contributed by atoms with Crippen LogP contribution in [0.25, 0.3) is 0 Å². The lowest BCUT2D eigenvalue weighted by Crippen LogP contribution is -2.54. The fourth-order valence-corrected chi connectivity index (χ4v) is 3.21. The van der Waals surface area contributed by atoms with E-state index in [0.29, 0.717) is 5.88 Å². The van der Waals surface area contributed by atoms with Gasteiger partial charge in [0.05, 0.1) is 12.8 Å². The van der Waals surface area contributed by atoms with Crippen molar-refractivity contribution in [3.63, 3.8) is 0 Å². The van der Waals surface area contributed by atoms with Crippen LogP contribution in [0.2, 0.25) is 0 Å². The second kappa shape index (κ2) is 4.96. The summed E-state index contributed by atoms with van der Waals surface area (Å²) in [6, 6.07) is 3.59. The molecule has 5 nitrogen and oxygen atoms in total. The number of rotatable bonds is 2. The van der Waals surface area contributed by atoms with Crippen LogP contribution in [0.3, 0.4) is 0 Å². The number of methoxy groups -OCH3 is 1. The summed E-state index contributed by atoms with van der Waals surface area (Å²) >= 11 is 0. The summed E-state index contributed by atoms with van der Waals surface area (Å²) < 4.78 is 5.15. The number of carbonyl (C=O) groups is 1. The number of pyridine rings is 1. The highest BCUT2D eigenvalue weighted by Crippen LogP contribution is 2.41. The maximum atomic E-state index is 12.5. The van der Waals surface area contributed by atoms with E-state index in [1.807, 2.05) is 6.07 Å². The van der Waals surface area contributed by atoms with Gasteiger partial charge in [0.2, 0.25) is 11.8 Å². The topological polar surface area (TPSA) is 63.3 Å². The summed E-state index contributed by atoms with van der Waals surface area (Å²) in [5.74, 6) is 2.10. The number of hydrogen-bond acceptors (Lipinski definition) is 4. The Kier molecular flexibility index (Phi) is 3.28. The fourth-order valence-electron chi connectivity index (χ4n) is 3.21. The molecule has 1 aliphatic carbocycles. The van der Waals surface area contributed by atoms with E-state index in [-0.39, 0.29) is 5.91 Å². The molecule has 2 heterocycles. The molecule has 2 aliphatic rings. The first-order valence-corrected chi connectivity index (χ1v) is 7.31. The van der Waals surface area contributed by atoms with Gasteiger partial charge in [-0.15, -0.1) is 0 Å². The molecule has 0 unspecified atom stereocenters. The van der Waals surface area contributed by atoms with E-state index in [1.54, 1.807) is 13.2 Å². The van der Waals surface area contributed by atoms with Crippen LogP contribution in [0, 0.1) is 5.92 Å². The zero-order chi connectivity index (χ0) is 14.2. The molecule has 108 valence electrons. The SMILES string of the molecule is CCC1CCC2(CC1)Nc1nc(OC)ccc1NC2=O. The van der Waals surface area contributed by atoms with Crippen LogP contribution in [0.1, 0.15) is 39.0 Å². The van der Waals surface area contributed by atoms with Crippen molar-refractivity contribution < 1.29 is 9.53 Å². The molecule has 2 N–H and O–H groups in total. The molecular weight excluding hydrogens is 254 g/mol. The van der Waals surface area contributed by atoms with Gasteiger partial charge in [-0.25, -0.2) is 0 Å². The Hall–Kier alpha value is -1.78. The van der Waals surface area contributed by atoms with Crippen LogP contribution < -0.4 is 15.4 Å². The molecule has 20 heavy (non-hydrogen) atoms. The summed E-state index contributed by atoms with van der Waals surface area (Å²) in [7, 11) is 1.60. The van der Waals surface area contributed by atoms with Crippen LogP contribution in [-0.2, 0) is 4.79 Å². The van der Waals surface area contributed by atoms with Crippen molar-refractivity contribution in [3.05, 3.63) is 12.1 Å². The number of nitrogens with zero attached hydrogens (tertiary/aromatic N) is 1. The number of amides is 1. The average Bonchev–Trinajstić information content (AvgIpc) is 2.49. The molecule has 1 aliphatic heterocycles. The van der Waals surface area contributed by atoms with E-state index >= 15 is 0 Å². The molecule has 0 saturated heterocycles. The van der Waals surface area contributed by atoms with Crippen molar-refractivity contribution in [3.8, 4) is 5.88 Å². The number of nitrogens with one attached hydrogen (secondary N) is 2. The number of ether oxygens (including phenoxy) is 1. The number of fused-ring (bicyclic) bond motifs is 1. The van der Waals surface area contributed by atoms with E-state index in [2.05, 4.69) is 22.5 Å². The summed E-state index contributed by atoms with van der Waals surface area (Å²) in [5.41, 5.74) is 0.247. The maximum Gasteiger partial charge on any atom is 0.250 e. The Bertz CT molecular complexity index is 522. The molecule has 1 amide bonds. The molecule has 1 spiro atoms. The molecule has 1 aromatic rings. The lowest BCUT2D eigenvalue weighted by molar-refractivity contribution is -0.121. The summed E-state index contributed by atoms with van der Waals surface area (Å²) in [6.07, 6.45) is 5.12.